The summed E-state index contributed by atoms with van der Waals surface area (Å²) in [5.74, 6) is 1.94. The summed E-state index contributed by atoms with van der Waals surface area (Å²) in [6, 6.07) is 18.9. The number of benzene rings is 3. The van der Waals surface area contributed by atoms with Crippen molar-refractivity contribution in [3.05, 3.63) is 97.5 Å². The highest BCUT2D eigenvalue weighted by Crippen LogP contribution is 2.41. The van der Waals surface area contributed by atoms with Gasteiger partial charge in [0.15, 0.2) is 5.82 Å². The molecular formula is C55H69N13O7. The van der Waals surface area contributed by atoms with Gasteiger partial charge in [-0.3, -0.25) is 14.4 Å². The molecule has 0 radical (unpaired) electrons. The second-order valence-corrected chi connectivity index (χ2v) is 18.6. The minimum Gasteiger partial charge on any atom is -0.495 e. The van der Waals surface area contributed by atoms with E-state index in [9.17, 15) is 14.4 Å². The molecule has 2 aliphatic rings. The van der Waals surface area contributed by atoms with E-state index < -0.39 is 0 Å². The number of hydrogen-bond acceptors (Lipinski definition) is 16. The number of ether oxygens (including phenoxy) is 4. The number of rotatable bonds is 25. The molecule has 20 heteroatoms. The Labute approximate surface area is 438 Å². The van der Waals surface area contributed by atoms with Crippen LogP contribution in [0.15, 0.2) is 91.9 Å². The van der Waals surface area contributed by atoms with E-state index in [0.29, 0.717) is 111 Å². The molecule has 3 aromatic carbocycles. The maximum absolute atomic E-state index is 13.3. The second-order valence-electron chi connectivity index (χ2n) is 18.6. The van der Waals surface area contributed by atoms with Crippen molar-refractivity contribution < 1.29 is 33.3 Å². The number of hydrogen-bond donors (Lipinski definition) is 4. The monoisotopic (exact) mass is 1020 g/mol. The van der Waals surface area contributed by atoms with E-state index in [2.05, 4.69) is 75.4 Å². The van der Waals surface area contributed by atoms with Gasteiger partial charge in [0.2, 0.25) is 23.7 Å². The van der Waals surface area contributed by atoms with Gasteiger partial charge >= 0.3 is 0 Å². The van der Waals surface area contributed by atoms with Crippen LogP contribution in [-0.2, 0) is 26.1 Å². The molecular weight excluding hydrogens is 955 g/mol. The number of likely N-dealkylation sites (N-methyl/N-ethyl adjacent to an activating group) is 3. The van der Waals surface area contributed by atoms with Gasteiger partial charge in [-0.1, -0.05) is 44.5 Å². The molecule has 4 N–H and O–H groups in total. The van der Waals surface area contributed by atoms with Gasteiger partial charge in [0.05, 0.1) is 75.3 Å². The van der Waals surface area contributed by atoms with Gasteiger partial charge in [-0.25, -0.2) is 15.0 Å². The Bertz CT molecular complexity index is 2980. The number of nitrogens with zero attached hydrogens (tertiary/aromatic N) is 9. The van der Waals surface area contributed by atoms with Gasteiger partial charge in [-0.15, -0.1) is 0 Å². The van der Waals surface area contributed by atoms with Gasteiger partial charge < -0.3 is 64.4 Å². The van der Waals surface area contributed by atoms with E-state index in [1.807, 2.05) is 58.4 Å². The summed E-state index contributed by atoms with van der Waals surface area (Å²) in [6.45, 7) is 9.61. The summed E-state index contributed by atoms with van der Waals surface area (Å²) in [5.41, 5.74) is 6.47. The van der Waals surface area contributed by atoms with Crippen LogP contribution in [-0.4, -0.2) is 147 Å². The Morgan fingerprint density at radius 3 is 2.33 bits per heavy atom. The molecule has 6 aromatic rings. The molecule has 1 atom stereocenters. The zero-order chi connectivity index (χ0) is 53.0. The Morgan fingerprint density at radius 2 is 1.57 bits per heavy atom. The fourth-order valence-electron chi connectivity index (χ4n) is 9.60. The maximum Gasteiger partial charge on any atom is 0.251 e. The van der Waals surface area contributed by atoms with Crippen LogP contribution in [0.3, 0.4) is 0 Å². The van der Waals surface area contributed by atoms with Crippen molar-refractivity contribution in [1.29, 1.82) is 0 Å². The summed E-state index contributed by atoms with van der Waals surface area (Å²) in [6.07, 6.45) is 11.7. The number of aromatic nitrogens is 5. The molecule has 20 nitrogen and oxygen atoms in total. The third-order valence-electron chi connectivity index (χ3n) is 13.7. The van der Waals surface area contributed by atoms with Crippen molar-refractivity contribution in [2.24, 2.45) is 7.05 Å². The van der Waals surface area contributed by atoms with E-state index in [4.69, 9.17) is 28.9 Å². The van der Waals surface area contributed by atoms with E-state index in [-0.39, 0.29) is 29.8 Å². The molecule has 1 fully saturated rings. The number of para-hydroxylation sites is 1. The molecule has 4 heterocycles. The largest absolute Gasteiger partial charge is 0.495 e. The highest BCUT2D eigenvalue weighted by atomic mass is 16.5. The van der Waals surface area contributed by atoms with E-state index in [1.165, 1.54) is 6.08 Å². The molecule has 3 aromatic heterocycles. The summed E-state index contributed by atoms with van der Waals surface area (Å²) < 4.78 is 25.2. The van der Waals surface area contributed by atoms with Gasteiger partial charge in [0.1, 0.15) is 23.2 Å². The number of anilines is 8. The predicted molar refractivity (Wildman–Crippen MR) is 294 cm³/mol. The van der Waals surface area contributed by atoms with Crippen LogP contribution in [0.2, 0.25) is 0 Å². The molecule has 1 unspecified atom stereocenters. The molecule has 0 saturated heterocycles. The number of carbonyl (C=O) groups is 3. The van der Waals surface area contributed by atoms with Crippen LogP contribution >= 0.6 is 0 Å². The third kappa shape index (κ3) is 12.6. The fraction of sp³-hybridized carbons (Fsp3) is 0.400. The minimum absolute atomic E-state index is 0.0589. The normalized spacial score (nSPS) is 14.5. The number of nitrogens with one attached hydrogen (secondary N) is 4. The first-order chi connectivity index (χ1) is 36.4. The van der Waals surface area contributed by atoms with Crippen molar-refractivity contribution in [2.45, 2.75) is 51.1 Å². The number of carbonyl (C=O) groups excluding carboxylic acids is 3. The Morgan fingerprint density at radius 1 is 0.840 bits per heavy atom. The molecule has 8 rings (SSSR count). The van der Waals surface area contributed by atoms with Crippen molar-refractivity contribution in [1.82, 2.24) is 34.7 Å². The van der Waals surface area contributed by atoms with Crippen molar-refractivity contribution >= 4 is 74.8 Å². The Kier molecular flexibility index (Phi) is 17.8. The SMILES string of the molecule is C=CC(=O)Nc1cc(Nc2nccc(-c3cn(C)c4ccccc34)n2)c(OC)cc1N(C)CCN(C)CCOCCOCCNC(=O)c1ccc(Nc2ncc3c(n2)N(C2CCCC2)C(CC)C(=O)N3C)c(OC)c1. The summed E-state index contributed by atoms with van der Waals surface area (Å²) in [7, 11) is 10.9. The quantitative estimate of drug-likeness (QED) is 0.0326. The maximum atomic E-state index is 13.3. The lowest BCUT2D eigenvalue weighted by Crippen LogP contribution is -2.55. The van der Waals surface area contributed by atoms with Crippen LogP contribution in [0.5, 0.6) is 11.5 Å². The summed E-state index contributed by atoms with van der Waals surface area (Å²) in [4.78, 5) is 66.0. The first-order valence-corrected chi connectivity index (χ1v) is 25.4. The molecule has 75 heavy (non-hydrogen) atoms. The topological polar surface area (TPSA) is 206 Å². The molecule has 1 aliphatic heterocycles. The predicted octanol–water partition coefficient (Wildman–Crippen LogP) is 7.39. The minimum atomic E-state index is -0.348. The highest BCUT2D eigenvalue weighted by Gasteiger charge is 2.41. The van der Waals surface area contributed by atoms with Crippen LogP contribution in [0.1, 0.15) is 49.4 Å². The fourth-order valence-corrected chi connectivity index (χ4v) is 9.60. The zero-order valence-electron chi connectivity index (χ0n) is 44.0. The van der Waals surface area contributed by atoms with Crippen LogP contribution < -0.4 is 45.4 Å². The number of fused-ring (bicyclic) bond motifs is 2. The molecule has 0 spiro atoms. The van der Waals surface area contributed by atoms with Crippen molar-refractivity contribution in [2.75, 3.05) is 119 Å². The van der Waals surface area contributed by atoms with Crippen LogP contribution in [0.4, 0.5) is 46.2 Å². The number of methoxy groups -OCH3 is 2. The molecule has 1 saturated carbocycles. The van der Waals surface area contributed by atoms with Gasteiger partial charge in [0, 0.05) is 93.9 Å². The van der Waals surface area contributed by atoms with Crippen LogP contribution in [0, 0.1) is 0 Å². The van der Waals surface area contributed by atoms with Gasteiger partial charge in [0.25, 0.3) is 5.91 Å². The van der Waals surface area contributed by atoms with Gasteiger partial charge in [-0.2, -0.15) is 4.98 Å². The van der Waals surface area contributed by atoms with Crippen LogP contribution in [0.25, 0.3) is 22.2 Å². The first-order valence-electron chi connectivity index (χ1n) is 25.4. The standard InChI is InChI=1S/C55H69N13O7/c1-9-44-53(71)67(6)47-34-58-55(63-51(47)68(44)37-15-11-12-16-37)61-41-20-19-36(31-48(41)72-7)52(70)56-23-27-74-29-30-75-28-26-64(3)24-25-65(4)46-33-49(73-8)43(32-42(46)59-50(69)10-2)62-54-57-22-21-40(60-54)39-35-66(5)45-18-14-13-17-38(39)45/h10,13-14,17-22,31-35,37,44H,2,9,11-12,15-16,23-30H2,1,3-8H3,(H,56,70)(H,59,69)(H,57,60,62)(H,58,61,63). The second kappa shape index (κ2) is 24.9. The summed E-state index contributed by atoms with van der Waals surface area (Å²) >= 11 is 0. The van der Waals surface area contributed by atoms with E-state index in [1.54, 1.807) is 56.8 Å². The average molecular weight is 1020 g/mol. The average Bonchev–Trinajstić information content (AvgIpc) is 4.09. The van der Waals surface area contributed by atoms with Crippen molar-refractivity contribution in [3.63, 3.8) is 0 Å². The van der Waals surface area contributed by atoms with Gasteiger partial charge in [-0.05, 0) is 68.8 Å². The first kappa shape index (κ1) is 53.5. The highest BCUT2D eigenvalue weighted by molar-refractivity contribution is 6.05. The Hall–Kier alpha value is -7.81. The van der Waals surface area contributed by atoms with E-state index >= 15 is 0 Å². The lowest BCUT2D eigenvalue weighted by atomic mass is 10.0. The number of amides is 3. The summed E-state index contributed by atoms with van der Waals surface area (Å²) in [5, 5.41) is 13.5. The van der Waals surface area contributed by atoms with E-state index in [0.717, 1.165) is 59.3 Å². The third-order valence-corrected chi connectivity index (χ3v) is 13.7. The smallest absolute Gasteiger partial charge is 0.251 e. The molecule has 396 valence electrons. The molecule has 1 aliphatic carbocycles. The molecule has 0 bridgehead atoms. The molecule has 3 amide bonds. The lowest BCUT2D eigenvalue weighted by molar-refractivity contribution is -0.120. The number of aryl methyl sites for hydroxylation is 1. The lowest BCUT2D eigenvalue weighted by Gasteiger charge is -2.43. The van der Waals surface area contributed by atoms with Crippen molar-refractivity contribution in [3.8, 4) is 22.8 Å². The zero-order valence-corrected chi connectivity index (χ0v) is 44.0. The Balaban J connectivity index is 0.761.